The van der Waals surface area contributed by atoms with Crippen molar-refractivity contribution < 1.29 is 14.4 Å². The molecule has 1 aromatic carbocycles. The van der Waals surface area contributed by atoms with E-state index < -0.39 is 5.25 Å². The molecule has 0 aliphatic rings. The van der Waals surface area contributed by atoms with Crippen LogP contribution in [0.3, 0.4) is 0 Å². The lowest BCUT2D eigenvalue weighted by atomic mass is 10.1. The molecule has 2 aromatic rings. The molecule has 156 valence electrons. The minimum atomic E-state index is -0.415. The third-order valence-electron chi connectivity index (χ3n) is 4.15. The van der Waals surface area contributed by atoms with Gasteiger partial charge >= 0.3 is 0 Å². The second-order valence-electron chi connectivity index (χ2n) is 7.25. The summed E-state index contributed by atoms with van der Waals surface area (Å²) in [6.07, 6.45) is 0.617. The van der Waals surface area contributed by atoms with Gasteiger partial charge in [0, 0.05) is 30.6 Å². The quantitative estimate of drug-likeness (QED) is 0.453. The summed E-state index contributed by atoms with van der Waals surface area (Å²) in [5, 5.41) is 11.5. The molecular formula is C20H27N5O3S. The highest BCUT2D eigenvalue weighted by Gasteiger charge is 2.21. The fourth-order valence-corrected chi connectivity index (χ4v) is 3.50. The first-order valence-corrected chi connectivity index (χ1v) is 10.3. The second kappa shape index (κ2) is 10.2. The van der Waals surface area contributed by atoms with Crippen LogP contribution in [0, 0.1) is 5.92 Å². The zero-order chi connectivity index (χ0) is 21.6. The molecule has 0 radical (unpaired) electrons. The summed E-state index contributed by atoms with van der Waals surface area (Å²) < 4.78 is 1.95. The fourth-order valence-electron chi connectivity index (χ4n) is 2.62. The van der Waals surface area contributed by atoms with Crippen LogP contribution in [-0.4, -0.2) is 37.6 Å². The molecule has 1 aromatic heterocycles. The highest BCUT2D eigenvalue weighted by Crippen LogP contribution is 2.25. The van der Waals surface area contributed by atoms with Crippen molar-refractivity contribution in [1.29, 1.82) is 0 Å². The number of amides is 2. The number of carbonyl (C=O) groups excluding carboxylic acids is 3. The van der Waals surface area contributed by atoms with E-state index in [1.54, 1.807) is 31.2 Å². The number of hydrogen-bond donors (Lipinski definition) is 2. The van der Waals surface area contributed by atoms with E-state index in [2.05, 4.69) is 29.4 Å². The van der Waals surface area contributed by atoms with Crippen LogP contribution in [0.4, 0.5) is 5.69 Å². The largest absolute Gasteiger partial charge is 0.370 e. The number of primary amides is 1. The second-order valence-corrected chi connectivity index (χ2v) is 8.56. The monoisotopic (exact) mass is 417 g/mol. The lowest BCUT2D eigenvalue weighted by molar-refractivity contribution is -0.118. The Morgan fingerprint density at radius 1 is 1.14 bits per heavy atom. The number of benzene rings is 1. The number of nitrogens with one attached hydrogen (secondary N) is 1. The molecule has 0 aliphatic heterocycles. The van der Waals surface area contributed by atoms with Gasteiger partial charge in [0.15, 0.2) is 10.9 Å². The van der Waals surface area contributed by atoms with Gasteiger partial charge < -0.3 is 15.6 Å². The number of Topliss-reactive ketones (excluding diaryl/α,β-unsaturated/α-hetero) is 1. The Kier molecular flexibility index (Phi) is 7.95. The minimum Gasteiger partial charge on any atom is -0.370 e. The molecule has 0 bridgehead atoms. The fraction of sp³-hybridized carbons (Fsp3) is 0.450. The molecule has 0 spiro atoms. The van der Waals surface area contributed by atoms with Gasteiger partial charge in [-0.15, -0.1) is 10.2 Å². The molecule has 0 fully saturated rings. The number of anilines is 1. The molecule has 9 heteroatoms. The first-order chi connectivity index (χ1) is 13.7. The van der Waals surface area contributed by atoms with Crippen LogP contribution in [0.1, 0.15) is 50.3 Å². The average Bonchev–Trinajstić information content (AvgIpc) is 3.01. The minimum absolute atomic E-state index is 0.0246. The van der Waals surface area contributed by atoms with Crippen molar-refractivity contribution in [2.75, 3.05) is 5.32 Å². The molecule has 2 amide bonds. The van der Waals surface area contributed by atoms with Gasteiger partial charge in [0.05, 0.1) is 5.25 Å². The van der Waals surface area contributed by atoms with Gasteiger partial charge in [0.25, 0.3) is 0 Å². The van der Waals surface area contributed by atoms with E-state index in [1.165, 1.54) is 18.7 Å². The molecule has 3 N–H and O–H groups in total. The first kappa shape index (κ1) is 22.6. The molecule has 29 heavy (non-hydrogen) atoms. The van der Waals surface area contributed by atoms with Gasteiger partial charge in [-0.1, -0.05) is 25.6 Å². The van der Waals surface area contributed by atoms with Gasteiger partial charge in [-0.3, -0.25) is 14.4 Å². The third kappa shape index (κ3) is 6.70. The summed E-state index contributed by atoms with van der Waals surface area (Å²) in [7, 11) is 0. The normalized spacial score (nSPS) is 12.0. The van der Waals surface area contributed by atoms with Crippen LogP contribution in [0.15, 0.2) is 29.4 Å². The molecule has 1 atom stereocenters. The van der Waals surface area contributed by atoms with Crippen LogP contribution in [0.5, 0.6) is 0 Å². The number of nitrogens with zero attached hydrogens (tertiary/aromatic N) is 3. The van der Waals surface area contributed by atoms with E-state index in [9.17, 15) is 14.4 Å². The Hall–Kier alpha value is -2.68. The summed E-state index contributed by atoms with van der Waals surface area (Å²) in [5.41, 5.74) is 6.46. The Bertz CT molecular complexity index is 877. The zero-order valence-electron chi connectivity index (χ0n) is 17.1. The zero-order valence-corrected chi connectivity index (χ0v) is 18.0. The summed E-state index contributed by atoms with van der Waals surface area (Å²) in [4.78, 5) is 35.0. The molecule has 8 nitrogen and oxygen atoms in total. The number of nitrogens with two attached hydrogens (primary N) is 1. The topological polar surface area (TPSA) is 120 Å². The highest BCUT2D eigenvalue weighted by molar-refractivity contribution is 8.00. The molecule has 1 unspecified atom stereocenters. The lowest BCUT2D eigenvalue weighted by Gasteiger charge is -2.15. The van der Waals surface area contributed by atoms with Crippen LogP contribution in [0.2, 0.25) is 0 Å². The molecular weight excluding hydrogens is 390 g/mol. The van der Waals surface area contributed by atoms with Crippen molar-refractivity contribution >= 4 is 35.0 Å². The van der Waals surface area contributed by atoms with Crippen LogP contribution < -0.4 is 11.1 Å². The number of carbonyl (C=O) groups is 3. The molecule has 0 saturated heterocycles. The van der Waals surface area contributed by atoms with Crippen molar-refractivity contribution in [3.63, 3.8) is 0 Å². The van der Waals surface area contributed by atoms with Gasteiger partial charge in [-0.05, 0) is 44.0 Å². The van der Waals surface area contributed by atoms with Gasteiger partial charge in [0.1, 0.15) is 5.82 Å². The first-order valence-electron chi connectivity index (χ1n) is 9.46. The van der Waals surface area contributed by atoms with Gasteiger partial charge in [0.2, 0.25) is 11.8 Å². The van der Waals surface area contributed by atoms with Gasteiger partial charge in [-0.25, -0.2) is 0 Å². The molecule has 0 aliphatic carbocycles. The van der Waals surface area contributed by atoms with E-state index in [-0.39, 0.29) is 24.0 Å². The standard InChI is InChI=1S/C20H27N5O3S/c1-12(2)11-25-18(10-9-17(21)27)23-24-20(25)29-14(4)19(28)22-16-7-5-15(6-8-16)13(3)26/h5-8,12,14H,9-11H2,1-4H3,(H2,21,27)(H,22,28). The van der Waals surface area contributed by atoms with Crippen LogP contribution in [0.25, 0.3) is 0 Å². The summed E-state index contributed by atoms with van der Waals surface area (Å²) in [6.45, 7) is 8.13. The Balaban J connectivity index is 2.07. The SMILES string of the molecule is CC(=O)c1ccc(NC(=O)C(C)Sc2nnc(CCC(N)=O)n2CC(C)C)cc1. The third-order valence-corrected chi connectivity index (χ3v) is 5.23. The van der Waals surface area contributed by atoms with Crippen molar-refractivity contribution in [2.45, 2.75) is 57.5 Å². The summed E-state index contributed by atoms with van der Waals surface area (Å²) in [5.74, 6) is 0.447. The van der Waals surface area contributed by atoms with E-state index in [0.29, 0.717) is 41.1 Å². The predicted molar refractivity (Wildman–Crippen MR) is 113 cm³/mol. The summed E-state index contributed by atoms with van der Waals surface area (Å²) >= 11 is 1.31. The maximum atomic E-state index is 12.6. The summed E-state index contributed by atoms with van der Waals surface area (Å²) in [6, 6.07) is 6.77. The predicted octanol–water partition coefficient (Wildman–Crippen LogP) is 2.67. The number of ketones is 1. The number of hydrogen-bond acceptors (Lipinski definition) is 6. The van der Waals surface area contributed by atoms with Crippen LogP contribution >= 0.6 is 11.8 Å². The van der Waals surface area contributed by atoms with E-state index in [0.717, 1.165) is 0 Å². The van der Waals surface area contributed by atoms with E-state index in [1.807, 2.05) is 4.57 Å². The van der Waals surface area contributed by atoms with Crippen molar-refractivity contribution in [2.24, 2.45) is 11.7 Å². The van der Waals surface area contributed by atoms with Gasteiger partial charge in [-0.2, -0.15) is 0 Å². The van der Waals surface area contributed by atoms with E-state index >= 15 is 0 Å². The Morgan fingerprint density at radius 3 is 2.34 bits per heavy atom. The maximum absolute atomic E-state index is 12.6. The average molecular weight is 418 g/mol. The lowest BCUT2D eigenvalue weighted by Crippen LogP contribution is -2.23. The highest BCUT2D eigenvalue weighted by atomic mass is 32.2. The van der Waals surface area contributed by atoms with Crippen LogP contribution in [-0.2, 0) is 22.6 Å². The van der Waals surface area contributed by atoms with Crippen molar-refractivity contribution in [3.8, 4) is 0 Å². The number of thioether (sulfide) groups is 1. The van der Waals surface area contributed by atoms with Crippen molar-refractivity contribution in [1.82, 2.24) is 14.8 Å². The van der Waals surface area contributed by atoms with E-state index in [4.69, 9.17) is 5.73 Å². The molecule has 1 heterocycles. The number of aryl methyl sites for hydroxylation is 1. The van der Waals surface area contributed by atoms with Crippen molar-refractivity contribution in [3.05, 3.63) is 35.7 Å². The molecule has 2 rings (SSSR count). The maximum Gasteiger partial charge on any atom is 0.237 e. The number of rotatable bonds is 10. The molecule has 0 saturated carbocycles. The Labute approximate surface area is 174 Å². The smallest absolute Gasteiger partial charge is 0.237 e. The number of aromatic nitrogens is 3. The Morgan fingerprint density at radius 2 is 1.79 bits per heavy atom.